The highest BCUT2D eigenvalue weighted by Gasteiger charge is 2.35. The molecule has 1 heterocycles. The third-order valence-corrected chi connectivity index (χ3v) is 3.55. The second kappa shape index (κ2) is 6.04. The van der Waals surface area contributed by atoms with Gasteiger partial charge in [-0.05, 0) is 24.3 Å². The molecule has 3 aromatic rings. The Morgan fingerprint density at radius 3 is 2.23 bits per heavy atom. The van der Waals surface area contributed by atoms with E-state index in [1.807, 2.05) is 4.98 Å². The summed E-state index contributed by atoms with van der Waals surface area (Å²) in [5, 5.41) is -0.641. The van der Waals surface area contributed by atoms with E-state index < -0.39 is 40.3 Å². The van der Waals surface area contributed by atoms with Crippen LogP contribution in [-0.4, -0.2) is 9.97 Å². The molecule has 138 valence electrons. The van der Waals surface area contributed by atoms with Crippen LogP contribution in [0.4, 0.5) is 30.7 Å². The third kappa shape index (κ3) is 3.55. The fraction of sp³-hybridized carbons (Fsp3) is 0.133. The van der Waals surface area contributed by atoms with E-state index in [4.69, 9.17) is 16.3 Å². The standard InChI is InChI=1S/C15H6ClF7N2O/c16-8-3-6(14(18,19)20)4-9(17)12(8)26-7-1-2-10-11(5-7)25-13(24-10)15(21,22)23/h1-5H,(H,24,25). The van der Waals surface area contributed by atoms with Crippen molar-refractivity contribution < 1.29 is 35.5 Å². The normalized spacial score (nSPS) is 12.6. The maximum Gasteiger partial charge on any atom is 0.449 e. The van der Waals surface area contributed by atoms with Crippen LogP contribution in [0.2, 0.25) is 5.02 Å². The molecule has 3 rings (SSSR count). The summed E-state index contributed by atoms with van der Waals surface area (Å²) in [6.45, 7) is 0. The Bertz CT molecular complexity index is 955. The second-order valence-corrected chi connectivity index (χ2v) is 5.54. The number of aromatic amines is 1. The summed E-state index contributed by atoms with van der Waals surface area (Å²) in [6.07, 6.45) is -9.49. The Hall–Kier alpha value is -2.49. The van der Waals surface area contributed by atoms with Crippen LogP contribution in [0.25, 0.3) is 11.0 Å². The van der Waals surface area contributed by atoms with Gasteiger partial charge in [0.1, 0.15) is 5.75 Å². The van der Waals surface area contributed by atoms with E-state index >= 15 is 0 Å². The first-order valence-electron chi connectivity index (χ1n) is 6.76. The topological polar surface area (TPSA) is 37.9 Å². The average Bonchev–Trinajstić information content (AvgIpc) is 2.93. The zero-order valence-corrected chi connectivity index (χ0v) is 13.0. The van der Waals surface area contributed by atoms with E-state index in [0.29, 0.717) is 6.07 Å². The smallest absolute Gasteiger partial charge is 0.449 e. The zero-order chi connectivity index (χ0) is 19.3. The van der Waals surface area contributed by atoms with Gasteiger partial charge in [0, 0.05) is 6.07 Å². The Morgan fingerprint density at radius 2 is 1.65 bits per heavy atom. The van der Waals surface area contributed by atoms with E-state index in [9.17, 15) is 30.7 Å². The maximum atomic E-state index is 13.9. The fourth-order valence-electron chi connectivity index (χ4n) is 2.13. The highest BCUT2D eigenvalue weighted by molar-refractivity contribution is 6.32. The average molecular weight is 399 g/mol. The van der Waals surface area contributed by atoms with E-state index in [2.05, 4.69) is 4.98 Å². The highest BCUT2D eigenvalue weighted by Crippen LogP contribution is 2.39. The number of hydrogen-bond acceptors (Lipinski definition) is 2. The van der Waals surface area contributed by atoms with Crippen LogP contribution in [0.15, 0.2) is 30.3 Å². The van der Waals surface area contributed by atoms with Crippen molar-refractivity contribution >= 4 is 22.6 Å². The first-order valence-corrected chi connectivity index (χ1v) is 7.14. The quantitative estimate of drug-likeness (QED) is 0.523. The summed E-state index contributed by atoms with van der Waals surface area (Å²) in [6, 6.07) is 4.13. The SMILES string of the molecule is Fc1cc(C(F)(F)F)cc(Cl)c1Oc1ccc2nc(C(F)(F)F)[nH]c2c1. The summed E-state index contributed by atoms with van der Waals surface area (Å²) in [5.74, 6) is -3.43. The Labute approximate surface area is 145 Å². The lowest BCUT2D eigenvalue weighted by atomic mass is 10.2. The minimum atomic E-state index is -4.80. The Morgan fingerprint density at radius 1 is 0.962 bits per heavy atom. The van der Waals surface area contributed by atoms with Crippen molar-refractivity contribution in [2.45, 2.75) is 12.4 Å². The molecule has 11 heteroatoms. The summed E-state index contributed by atoms with van der Waals surface area (Å²) >= 11 is 5.64. The van der Waals surface area contributed by atoms with Gasteiger partial charge in [0.15, 0.2) is 11.6 Å². The van der Waals surface area contributed by atoms with Crippen LogP contribution in [0, 0.1) is 5.82 Å². The number of hydrogen-bond donors (Lipinski definition) is 1. The minimum absolute atomic E-state index is 0.0244. The molecule has 0 bridgehead atoms. The number of ether oxygens (including phenoxy) is 1. The number of H-pyrrole nitrogens is 1. The van der Waals surface area contributed by atoms with E-state index in [-0.39, 0.29) is 22.8 Å². The van der Waals surface area contributed by atoms with Crippen molar-refractivity contribution in [1.82, 2.24) is 9.97 Å². The van der Waals surface area contributed by atoms with Crippen LogP contribution in [-0.2, 0) is 12.4 Å². The van der Waals surface area contributed by atoms with Crippen molar-refractivity contribution in [2.24, 2.45) is 0 Å². The lowest BCUT2D eigenvalue weighted by Crippen LogP contribution is -2.06. The second-order valence-electron chi connectivity index (χ2n) is 5.13. The Balaban J connectivity index is 1.96. The van der Waals surface area contributed by atoms with Crippen molar-refractivity contribution in [3.05, 3.63) is 52.6 Å². The lowest BCUT2D eigenvalue weighted by Gasteiger charge is -2.12. The van der Waals surface area contributed by atoms with E-state index in [1.54, 1.807) is 0 Å². The molecule has 0 spiro atoms. The molecule has 0 fully saturated rings. The number of alkyl halides is 6. The van der Waals surface area contributed by atoms with Crippen LogP contribution in [0.3, 0.4) is 0 Å². The van der Waals surface area contributed by atoms with Crippen LogP contribution < -0.4 is 4.74 Å². The zero-order valence-electron chi connectivity index (χ0n) is 12.3. The number of benzene rings is 2. The molecule has 0 radical (unpaired) electrons. The predicted molar refractivity (Wildman–Crippen MR) is 77.6 cm³/mol. The van der Waals surface area contributed by atoms with Crippen molar-refractivity contribution in [2.75, 3.05) is 0 Å². The monoisotopic (exact) mass is 398 g/mol. The molecular formula is C15H6ClF7N2O. The fourth-order valence-corrected chi connectivity index (χ4v) is 2.37. The Kier molecular flexibility index (Phi) is 4.26. The van der Waals surface area contributed by atoms with Gasteiger partial charge in [-0.25, -0.2) is 9.37 Å². The summed E-state index contributed by atoms with van der Waals surface area (Å²) < 4.78 is 94.8. The predicted octanol–water partition coefficient (Wildman–Crippen LogP) is 6.19. The maximum absolute atomic E-state index is 13.9. The van der Waals surface area contributed by atoms with Crippen LogP contribution in [0.5, 0.6) is 11.5 Å². The summed E-state index contributed by atoms with van der Waals surface area (Å²) in [5.41, 5.74) is -1.38. The molecular weight excluding hydrogens is 393 g/mol. The molecule has 0 aliphatic rings. The van der Waals surface area contributed by atoms with Gasteiger partial charge in [0.25, 0.3) is 0 Å². The number of fused-ring (bicyclic) bond motifs is 1. The van der Waals surface area contributed by atoms with Gasteiger partial charge >= 0.3 is 12.4 Å². The molecule has 0 saturated carbocycles. The van der Waals surface area contributed by atoms with Crippen molar-refractivity contribution in [3.63, 3.8) is 0 Å². The molecule has 0 atom stereocenters. The van der Waals surface area contributed by atoms with Gasteiger partial charge in [-0.1, -0.05) is 11.6 Å². The molecule has 0 aliphatic carbocycles. The summed E-state index contributed by atoms with van der Waals surface area (Å²) in [7, 11) is 0. The van der Waals surface area contributed by atoms with Gasteiger partial charge in [-0.2, -0.15) is 26.3 Å². The largest absolute Gasteiger partial charge is 0.453 e. The van der Waals surface area contributed by atoms with Gasteiger partial charge in [-0.3, -0.25) is 0 Å². The summed E-state index contributed by atoms with van der Waals surface area (Å²) in [4.78, 5) is 5.37. The molecule has 0 unspecified atom stereocenters. The number of aromatic nitrogens is 2. The number of imidazole rings is 1. The van der Waals surface area contributed by atoms with Crippen LogP contribution >= 0.6 is 11.6 Å². The molecule has 26 heavy (non-hydrogen) atoms. The number of nitrogens with zero attached hydrogens (tertiary/aromatic N) is 1. The van der Waals surface area contributed by atoms with Crippen LogP contribution in [0.1, 0.15) is 11.4 Å². The minimum Gasteiger partial charge on any atom is -0.453 e. The van der Waals surface area contributed by atoms with Gasteiger partial charge < -0.3 is 9.72 Å². The van der Waals surface area contributed by atoms with E-state index in [0.717, 1.165) is 6.07 Å². The lowest BCUT2D eigenvalue weighted by molar-refractivity contribution is -0.144. The van der Waals surface area contributed by atoms with Crippen molar-refractivity contribution in [1.29, 1.82) is 0 Å². The molecule has 3 nitrogen and oxygen atoms in total. The molecule has 2 aromatic carbocycles. The number of rotatable bonds is 2. The number of halogens is 8. The molecule has 0 amide bonds. The first kappa shape index (κ1) is 18.3. The molecule has 0 saturated heterocycles. The molecule has 0 aliphatic heterocycles. The highest BCUT2D eigenvalue weighted by atomic mass is 35.5. The third-order valence-electron chi connectivity index (χ3n) is 3.27. The molecule has 1 aromatic heterocycles. The van der Waals surface area contributed by atoms with E-state index in [1.165, 1.54) is 12.1 Å². The van der Waals surface area contributed by atoms with Gasteiger partial charge in [0.2, 0.25) is 5.82 Å². The number of nitrogens with one attached hydrogen (secondary N) is 1. The first-order chi connectivity index (χ1) is 11.9. The molecule has 1 N–H and O–H groups in total. The van der Waals surface area contributed by atoms with Crippen molar-refractivity contribution in [3.8, 4) is 11.5 Å². The van der Waals surface area contributed by atoms with Gasteiger partial charge in [0.05, 0.1) is 21.6 Å². The van der Waals surface area contributed by atoms with Gasteiger partial charge in [-0.15, -0.1) is 0 Å².